The fraction of sp³-hybridized carbons (Fsp3) is 0.587. The Morgan fingerprint density at radius 2 is 1.49 bits per heavy atom. The number of hydrogen-bond donors (Lipinski definition) is 3. The van der Waals surface area contributed by atoms with E-state index in [1.807, 2.05) is 12.1 Å². The molecule has 3 N–H and O–H groups in total. The molecular weight excluding hydrogens is 659 g/mol. The monoisotopic (exact) mass is 717 g/mol. The van der Waals surface area contributed by atoms with E-state index in [0.717, 1.165) is 89.9 Å². The fourth-order valence-corrected chi connectivity index (χ4v) is 12.5. The molecule has 7 fully saturated rings. The van der Waals surface area contributed by atoms with Gasteiger partial charge in [-0.3, -0.25) is 4.90 Å². The standard InChI is InChI=1S/C46H59N3O4/c1-44(2)23-39-24-45(3,28-44)29-49(39)26-40-19-41(35-12-10-30(27-50)11-13-35)53-42(52-40)38-9-5-8-37(18-38)36-7-4-6-31(17-36)25-47-43(51)48-46-20-32-14-33(21-46)16-34(15-32)22-46/h4-13,17-18,32-34,39-42,50H,14-16,19-29H2,1-3H3,(H2,47,48,51)/t32?,33?,34?,39?,40-,41+,42+,45?,46?/m1/s1. The summed E-state index contributed by atoms with van der Waals surface area (Å²) in [6.45, 7) is 9.92. The van der Waals surface area contributed by atoms with Gasteiger partial charge in [0.25, 0.3) is 0 Å². The summed E-state index contributed by atoms with van der Waals surface area (Å²) in [5.41, 5.74) is 7.08. The molecule has 2 heterocycles. The van der Waals surface area contributed by atoms with Crippen LogP contribution in [0.3, 0.4) is 0 Å². The number of benzene rings is 3. The molecule has 7 aliphatic rings. The number of rotatable bonds is 9. The molecule has 0 spiro atoms. The SMILES string of the molecule is CC1(C)CC2CC(C)(CN2C[C@H]2C[C@@H](c3ccc(CO)cc3)O[C@@H](c3cccc(-c4cccc(CNC(=O)NC56CC7CC(CC(C7)C5)C6)c4)c3)O2)C1. The van der Waals surface area contributed by atoms with Crippen molar-refractivity contribution in [2.75, 3.05) is 13.1 Å². The molecule has 5 atom stereocenters. The normalized spacial score (nSPS) is 35.7. The number of likely N-dealkylation sites (tertiary alicyclic amines) is 1. The molecule has 2 saturated heterocycles. The van der Waals surface area contributed by atoms with E-state index in [-0.39, 0.29) is 30.4 Å². The molecule has 7 heteroatoms. The number of carbonyl (C=O) groups excluding carboxylic acids is 1. The number of aliphatic hydroxyl groups excluding tert-OH is 1. The molecule has 2 unspecified atom stereocenters. The summed E-state index contributed by atoms with van der Waals surface area (Å²) in [6.07, 6.45) is 11.6. The first kappa shape index (κ1) is 35.5. The minimum absolute atomic E-state index is 0.00770. The first-order chi connectivity index (χ1) is 25.5. The second-order valence-corrected chi connectivity index (χ2v) is 19.3. The van der Waals surface area contributed by atoms with E-state index in [9.17, 15) is 9.90 Å². The van der Waals surface area contributed by atoms with Crippen LogP contribution in [-0.2, 0) is 22.6 Å². The van der Waals surface area contributed by atoms with E-state index >= 15 is 0 Å². The number of urea groups is 1. The molecule has 0 radical (unpaired) electrons. The van der Waals surface area contributed by atoms with Crippen molar-refractivity contribution in [3.05, 3.63) is 95.1 Å². The molecule has 282 valence electrons. The van der Waals surface area contributed by atoms with Crippen LogP contribution in [0.4, 0.5) is 4.79 Å². The van der Waals surface area contributed by atoms with Gasteiger partial charge < -0.3 is 25.2 Å². The molecule has 53 heavy (non-hydrogen) atoms. The van der Waals surface area contributed by atoms with Gasteiger partial charge in [-0.15, -0.1) is 0 Å². The summed E-state index contributed by atoms with van der Waals surface area (Å²) < 4.78 is 13.7. The lowest BCUT2D eigenvalue weighted by molar-refractivity contribution is -0.253. The number of aliphatic hydroxyl groups is 1. The number of nitrogens with one attached hydrogen (secondary N) is 2. The summed E-state index contributed by atoms with van der Waals surface area (Å²) in [6, 6.07) is 25.8. The predicted octanol–water partition coefficient (Wildman–Crippen LogP) is 9.06. The lowest BCUT2D eigenvalue weighted by Crippen LogP contribution is -2.61. The molecule has 2 amide bonds. The van der Waals surface area contributed by atoms with Gasteiger partial charge in [0.1, 0.15) is 0 Å². The van der Waals surface area contributed by atoms with Crippen LogP contribution in [0.15, 0.2) is 72.8 Å². The Hall–Kier alpha value is -3.23. The third kappa shape index (κ3) is 7.56. The summed E-state index contributed by atoms with van der Waals surface area (Å²) in [5.74, 6) is 2.40. The largest absolute Gasteiger partial charge is 0.392 e. The smallest absolute Gasteiger partial charge is 0.315 e. The number of nitrogens with zero attached hydrogens (tertiary/aromatic N) is 1. The molecule has 5 aliphatic carbocycles. The van der Waals surface area contributed by atoms with E-state index in [1.165, 1.54) is 38.5 Å². The maximum atomic E-state index is 13.2. The van der Waals surface area contributed by atoms with E-state index < -0.39 is 6.29 Å². The summed E-state index contributed by atoms with van der Waals surface area (Å²) >= 11 is 0. The minimum atomic E-state index is -0.497. The molecule has 5 saturated carbocycles. The highest BCUT2D eigenvalue weighted by molar-refractivity contribution is 5.75. The van der Waals surface area contributed by atoms with E-state index in [1.54, 1.807) is 0 Å². The molecule has 3 aromatic carbocycles. The molecule has 0 aromatic heterocycles. The topological polar surface area (TPSA) is 83.1 Å². The van der Waals surface area contributed by atoms with Crippen LogP contribution in [0, 0.1) is 28.6 Å². The van der Waals surface area contributed by atoms with Crippen molar-refractivity contribution < 1.29 is 19.4 Å². The lowest BCUT2D eigenvalue weighted by Gasteiger charge is -2.56. The second-order valence-electron chi connectivity index (χ2n) is 19.3. The Morgan fingerprint density at radius 3 is 2.21 bits per heavy atom. The van der Waals surface area contributed by atoms with Crippen molar-refractivity contribution in [2.45, 2.75) is 128 Å². The Kier molecular flexibility index (Phi) is 9.24. The van der Waals surface area contributed by atoms with Crippen LogP contribution in [0.25, 0.3) is 11.1 Å². The quantitative estimate of drug-likeness (QED) is 0.206. The van der Waals surface area contributed by atoms with Gasteiger partial charge in [0.15, 0.2) is 6.29 Å². The summed E-state index contributed by atoms with van der Waals surface area (Å²) in [4.78, 5) is 15.9. The van der Waals surface area contributed by atoms with Crippen LogP contribution < -0.4 is 10.6 Å². The van der Waals surface area contributed by atoms with Gasteiger partial charge >= 0.3 is 6.03 Å². The van der Waals surface area contributed by atoms with Crippen LogP contribution in [0.5, 0.6) is 0 Å². The van der Waals surface area contributed by atoms with Gasteiger partial charge in [-0.1, -0.05) is 81.4 Å². The minimum Gasteiger partial charge on any atom is -0.392 e. The number of hydrogen-bond acceptors (Lipinski definition) is 5. The zero-order valence-electron chi connectivity index (χ0n) is 32.0. The third-order valence-corrected chi connectivity index (χ3v) is 13.9. The van der Waals surface area contributed by atoms with Gasteiger partial charge in [0.2, 0.25) is 0 Å². The molecule has 6 bridgehead atoms. The van der Waals surface area contributed by atoms with Gasteiger partial charge in [-0.25, -0.2) is 4.79 Å². The zero-order valence-corrected chi connectivity index (χ0v) is 32.0. The number of fused-ring (bicyclic) bond motifs is 2. The van der Waals surface area contributed by atoms with Crippen LogP contribution in [0.1, 0.15) is 120 Å². The maximum Gasteiger partial charge on any atom is 0.315 e. The first-order valence-corrected chi connectivity index (χ1v) is 20.5. The number of amides is 2. The van der Waals surface area contributed by atoms with Crippen LogP contribution in [-0.4, -0.2) is 46.8 Å². The van der Waals surface area contributed by atoms with Crippen molar-refractivity contribution in [3.63, 3.8) is 0 Å². The van der Waals surface area contributed by atoms with Gasteiger partial charge in [0.05, 0.1) is 18.8 Å². The Balaban J connectivity index is 0.898. The molecule has 2 aliphatic heterocycles. The predicted molar refractivity (Wildman–Crippen MR) is 208 cm³/mol. The lowest BCUT2D eigenvalue weighted by atomic mass is 9.53. The zero-order chi connectivity index (χ0) is 36.4. The second kappa shape index (κ2) is 13.8. The van der Waals surface area contributed by atoms with Gasteiger partial charge in [-0.05, 0) is 126 Å². The fourth-order valence-electron chi connectivity index (χ4n) is 12.5. The average Bonchev–Trinajstić information content (AvgIpc) is 3.36. The Bertz CT molecular complexity index is 1770. The molecular formula is C46H59N3O4. The average molecular weight is 718 g/mol. The first-order valence-electron chi connectivity index (χ1n) is 20.5. The number of ether oxygens (including phenoxy) is 2. The number of carbonyl (C=O) groups is 1. The Labute approximate surface area is 316 Å². The molecule has 10 rings (SSSR count). The Morgan fingerprint density at radius 1 is 0.792 bits per heavy atom. The van der Waals surface area contributed by atoms with Crippen molar-refractivity contribution in [2.24, 2.45) is 28.6 Å². The van der Waals surface area contributed by atoms with Crippen LogP contribution >= 0.6 is 0 Å². The van der Waals surface area contributed by atoms with Gasteiger partial charge in [-0.2, -0.15) is 0 Å². The maximum absolute atomic E-state index is 13.2. The van der Waals surface area contributed by atoms with Gasteiger partial charge in [0, 0.05) is 43.2 Å². The van der Waals surface area contributed by atoms with Crippen molar-refractivity contribution in [1.82, 2.24) is 15.5 Å². The van der Waals surface area contributed by atoms with E-state index in [2.05, 4.69) is 97.0 Å². The highest BCUT2D eigenvalue weighted by Gasteiger charge is 2.52. The van der Waals surface area contributed by atoms with Crippen LogP contribution in [0.2, 0.25) is 0 Å². The third-order valence-electron chi connectivity index (χ3n) is 13.9. The highest BCUT2D eigenvalue weighted by Crippen LogP contribution is 2.56. The summed E-state index contributed by atoms with van der Waals surface area (Å²) in [5, 5.41) is 16.3. The van der Waals surface area contributed by atoms with E-state index in [0.29, 0.717) is 23.4 Å². The molecule has 7 nitrogen and oxygen atoms in total. The summed E-state index contributed by atoms with van der Waals surface area (Å²) in [7, 11) is 0. The van der Waals surface area contributed by atoms with Crippen molar-refractivity contribution in [1.29, 1.82) is 0 Å². The molecule has 3 aromatic rings. The van der Waals surface area contributed by atoms with E-state index in [4.69, 9.17) is 9.47 Å². The van der Waals surface area contributed by atoms with Crippen molar-refractivity contribution >= 4 is 6.03 Å². The highest BCUT2D eigenvalue weighted by atomic mass is 16.7. The van der Waals surface area contributed by atoms with Crippen molar-refractivity contribution in [3.8, 4) is 11.1 Å².